The van der Waals surface area contributed by atoms with Gasteiger partial charge in [0.2, 0.25) is 0 Å². The third-order valence-corrected chi connectivity index (χ3v) is 2.89. The third-order valence-electron chi connectivity index (χ3n) is 2.89. The van der Waals surface area contributed by atoms with Crippen LogP contribution in [-0.4, -0.2) is 43.7 Å². The van der Waals surface area contributed by atoms with Crippen molar-refractivity contribution in [2.24, 2.45) is 16.6 Å². The summed E-state index contributed by atoms with van der Waals surface area (Å²) >= 11 is 0. The molecule has 0 aromatic rings. The molecule has 1 heterocycles. The molecule has 0 aromatic heterocycles. The van der Waals surface area contributed by atoms with Crippen LogP contribution in [0, 0.1) is 5.92 Å². The Morgan fingerprint density at radius 2 is 2.31 bits per heavy atom. The van der Waals surface area contributed by atoms with Crippen LogP contribution in [0.2, 0.25) is 0 Å². The van der Waals surface area contributed by atoms with Gasteiger partial charge in [-0.3, -0.25) is 4.99 Å². The summed E-state index contributed by atoms with van der Waals surface area (Å²) in [6, 6.07) is 0. The summed E-state index contributed by atoms with van der Waals surface area (Å²) < 4.78 is 5.13. The first-order valence-corrected chi connectivity index (χ1v) is 5.71. The molecule has 16 heavy (non-hydrogen) atoms. The van der Waals surface area contributed by atoms with E-state index < -0.39 is 0 Å². The van der Waals surface area contributed by atoms with Gasteiger partial charge in [0.15, 0.2) is 5.96 Å². The summed E-state index contributed by atoms with van der Waals surface area (Å²) in [5.41, 5.74) is 5.93. The van der Waals surface area contributed by atoms with E-state index in [2.05, 4.69) is 16.8 Å². The van der Waals surface area contributed by atoms with Gasteiger partial charge >= 0.3 is 0 Å². The lowest BCUT2D eigenvalue weighted by atomic mass is 10.0. The monoisotopic (exact) mass is 341 g/mol. The number of hydrogen-bond donors (Lipinski definition) is 1. The maximum atomic E-state index is 5.93. The van der Waals surface area contributed by atoms with Gasteiger partial charge in [0, 0.05) is 20.2 Å². The molecule has 4 nitrogen and oxygen atoms in total. The number of aliphatic imine (C=N–C) groups is 1. The van der Waals surface area contributed by atoms with Gasteiger partial charge in [0.25, 0.3) is 0 Å². The minimum absolute atomic E-state index is 0. The highest BCUT2D eigenvalue weighted by atomic mass is 127. The van der Waals surface area contributed by atoms with E-state index >= 15 is 0 Å². The quantitative estimate of drug-likeness (QED) is 0.483. The first-order valence-electron chi connectivity index (χ1n) is 5.71. The Kier molecular flexibility index (Phi) is 8.09. The second-order valence-corrected chi connectivity index (χ2v) is 4.44. The molecule has 1 saturated heterocycles. The number of halogens is 1. The lowest BCUT2D eigenvalue weighted by Gasteiger charge is -2.31. The van der Waals surface area contributed by atoms with Crippen LogP contribution in [0.1, 0.15) is 26.7 Å². The van der Waals surface area contributed by atoms with E-state index in [-0.39, 0.29) is 30.1 Å². The van der Waals surface area contributed by atoms with Gasteiger partial charge < -0.3 is 15.4 Å². The molecule has 1 aliphatic heterocycles. The van der Waals surface area contributed by atoms with Crippen LogP contribution in [0.5, 0.6) is 0 Å². The van der Waals surface area contributed by atoms with Crippen LogP contribution in [-0.2, 0) is 4.74 Å². The van der Waals surface area contributed by atoms with Crippen LogP contribution in [0.25, 0.3) is 0 Å². The first-order chi connectivity index (χ1) is 7.13. The molecule has 0 radical (unpaired) electrons. The van der Waals surface area contributed by atoms with E-state index in [0.29, 0.717) is 12.5 Å². The SMILES string of the molecule is COC(C)CN=C(N)N1CCCC(C)C1.I. The average molecular weight is 341 g/mol. The summed E-state index contributed by atoms with van der Waals surface area (Å²) in [4.78, 5) is 6.53. The zero-order valence-electron chi connectivity index (χ0n) is 10.5. The molecular formula is C11H24IN3O. The van der Waals surface area contributed by atoms with E-state index in [1.54, 1.807) is 7.11 Å². The fourth-order valence-electron chi connectivity index (χ4n) is 1.79. The molecule has 1 aliphatic rings. The van der Waals surface area contributed by atoms with Gasteiger partial charge in [-0.1, -0.05) is 6.92 Å². The number of nitrogens with zero attached hydrogens (tertiary/aromatic N) is 2. The largest absolute Gasteiger partial charge is 0.380 e. The molecule has 0 aromatic carbocycles. The van der Waals surface area contributed by atoms with Crippen molar-refractivity contribution < 1.29 is 4.74 Å². The van der Waals surface area contributed by atoms with Crippen molar-refractivity contribution in [3.8, 4) is 0 Å². The Balaban J connectivity index is 0.00000225. The zero-order valence-corrected chi connectivity index (χ0v) is 12.8. The van der Waals surface area contributed by atoms with Gasteiger partial charge in [-0.05, 0) is 25.7 Å². The molecule has 0 bridgehead atoms. The van der Waals surface area contributed by atoms with E-state index in [0.717, 1.165) is 19.0 Å². The van der Waals surface area contributed by atoms with Gasteiger partial charge in [0.05, 0.1) is 12.6 Å². The maximum absolute atomic E-state index is 5.93. The molecular weight excluding hydrogens is 317 g/mol. The summed E-state index contributed by atoms with van der Waals surface area (Å²) in [5, 5.41) is 0. The number of rotatable bonds is 3. The fraction of sp³-hybridized carbons (Fsp3) is 0.909. The molecule has 2 unspecified atom stereocenters. The molecule has 1 rings (SSSR count). The van der Waals surface area contributed by atoms with Crippen molar-refractivity contribution in [2.75, 3.05) is 26.7 Å². The third kappa shape index (κ3) is 5.34. The van der Waals surface area contributed by atoms with E-state index in [1.807, 2.05) is 6.92 Å². The Labute approximate surface area is 116 Å². The normalized spacial score (nSPS) is 23.8. The van der Waals surface area contributed by atoms with Crippen molar-refractivity contribution in [3.05, 3.63) is 0 Å². The standard InChI is InChI=1S/C11H23N3O.HI/c1-9-5-4-6-14(8-9)11(12)13-7-10(2)15-3;/h9-10H,4-8H2,1-3H3,(H2,12,13);1H. The van der Waals surface area contributed by atoms with Gasteiger partial charge in [-0.15, -0.1) is 24.0 Å². The summed E-state index contributed by atoms with van der Waals surface area (Å²) in [5.74, 6) is 1.40. The van der Waals surface area contributed by atoms with Crippen LogP contribution < -0.4 is 5.73 Å². The second kappa shape index (κ2) is 8.11. The molecule has 96 valence electrons. The van der Waals surface area contributed by atoms with Crippen LogP contribution in [0.4, 0.5) is 0 Å². The number of guanidine groups is 1. The van der Waals surface area contributed by atoms with E-state index in [9.17, 15) is 0 Å². The predicted molar refractivity (Wildman–Crippen MR) is 78.3 cm³/mol. The predicted octanol–water partition coefficient (Wildman–Crippen LogP) is 1.69. The van der Waals surface area contributed by atoms with E-state index in [4.69, 9.17) is 10.5 Å². The Morgan fingerprint density at radius 1 is 1.62 bits per heavy atom. The van der Waals surface area contributed by atoms with Crippen molar-refractivity contribution >= 4 is 29.9 Å². The van der Waals surface area contributed by atoms with E-state index in [1.165, 1.54) is 12.8 Å². The minimum Gasteiger partial charge on any atom is -0.380 e. The first kappa shape index (κ1) is 16.0. The number of methoxy groups -OCH3 is 1. The summed E-state index contributed by atoms with van der Waals surface area (Å²) in [7, 11) is 1.69. The number of piperidine rings is 1. The topological polar surface area (TPSA) is 50.9 Å². The number of ether oxygens (including phenoxy) is 1. The highest BCUT2D eigenvalue weighted by Crippen LogP contribution is 2.14. The van der Waals surface area contributed by atoms with Gasteiger partial charge in [0.1, 0.15) is 0 Å². The van der Waals surface area contributed by atoms with Crippen molar-refractivity contribution in [1.82, 2.24) is 4.90 Å². The van der Waals surface area contributed by atoms with Gasteiger partial charge in [-0.2, -0.15) is 0 Å². The lowest BCUT2D eigenvalue weighted by molar-refractivity contribution is 0.125. The molecule has 5 heteroatoms. The average Bonchev–Trinajstić information content (AvgIpc) is 2.25. The van der Waals surface area contributed by atoms with Crippen LogP contribution >= 0.6 is 24.0 Å². The van der Waals surface area contributed by atoms with Crippen molar-refractivity contribution in [3.63, 3.8) is 0 Å². The Hall–Kier alpha value is -0.0400. The highest BCUT2D eigenvalue weighted by molar-refractivity contribution is 14.0. The molecule has 1 fully saturated rings. The summed E-state index contributed by atoms with van der Waals surface area (Å²) in [6.07, 6.45) is 2.67. The molecule has 0 amide bonds. The zero-order chi connectivity index (χ0) is 11.3. The molecule has 2 atom stereocenters. The highest BCUT2D eigenvalue weighted by Gasteiger charge is 2.17. The fourth-order valence-corrected chi connectivity index (χ4v) is 1.79. The molecule has 2 N–H and O–H groups in total. The minimum atomic E-state index is 0. The molecule has 0 saturated carbocycles. The summed E-state index contributed by atoms with van der Waals surface area (Å²) in [6.45, 7) is 6.98. The Morgan fingerprint density at radius 3 is 2.88 bits per heavy atom. The lowest BCUT2D eigenvalue weighted by Crippen LogP contribution is -2.43. The Bertz CT molecular complexity index is 223. The molecule has 0 spiro atoms. The maximum Gasteiger partial charge on any atom is 0.191 e. The number of nitrogens with two attached hydrogens (primary N) is 1. The van der Waals surface area contributed by atoms with Crippen molar-refractivity contribution in [1.29, 1.82) is 0 Å². The van der Waals surface area contributed by atoms with Crippen LogP contribution in [0.3, 0.4) is 0 Å². The number of hydrogen-bond acceptors (Lipinski definition) is 2. The number of likely N-dealkylation sites (tertiary alicyclic amines) is 1. The second-order valence-electron chi connectivity index (χ2n) is 4.44. The van der Waals surface area contributed by atoms with Crippen molar-refractivity contribution in [2.45, 2.75) is 32.8 Å². The van der Waals surface area contributed by atoms with Gasteiger partial charge in [-0.25, -0.2) is 0 Å². The molecule has 0 aliphatic carbocycles. The van der Waals surface area contributed by atoms with Crippen LogP contribution in [0.15, 0.2) is 4.99 Å². The smallest absolute Gasteiger partial charge is 0.191 e.